The lowest BCUT2D eigenvalue weighted by Crippen LogP contribution is -2.54. The van der Waals surface area contributed by atoms with E-state index < -0.39 is 0 Å². The fraction of sp³-hybridized carbons (Fsp3) is 0.588. The van der Waals surface area contributed by atoms with Crippen LogP contribution >= 0.6 is 0 Å². The lowest BCUT2D eigenvalue weighted by Gasteiger charge is -2.31. The van der Waals surface area contributed by atoms with Crippen LogP contribution in [0.15, 0.2) is 30.3 Å². The summed E-state index contributed by atoms with van der Waals surface area (Å²) in [6.07, 6.45) is 2.84. The standard InChI is InChI=1S/C17H27N3O/c1-4-17(11-8-12-18-17)16(21)19-15(13-20(2)3)14-9-6-5-7-10-14/h5-7,9-10,15,18H,4,8,11-13H2,1-3H3,(H,19,21). The summed E-state index contributed by atoms with van der Waals surface area (Å²) in [5, 5.41) is 6.66. The molecule has 4 heteroatoms. The average Bonchev–Trinajstić information content (AvgIpc) is 2.97. The molecule has 2 atom stereocenters. The van der Waals surface area contributed by atoms with Gasteiger partial charge in [0.1, 0.15) is 0 Å². The zero-order valence-corrected chi connectivity index (χ0v) is 13.4. The Morgan fingerprint density at radius 1 is 1.38 bits per heavy atom. The van der Waals surface area contributed by atoms with E-state index in [0.29, 0.717) is 0 Å². The predicted molar refractivity (Wildman–Crippen MR) is 86.1 cm³/mol. The second-order valence-corrected chi connectivity index (χ2v) is 6.16. The minimum Gasteiger partial charge on any atom is -0.346 e. The smallest absolute Gasteiger partial charge is 0.240 e. The fourth-order valence-electron chi connectivity index (χ4n) is 3.04. The molecule has 0 saturated carbocycles. The lowest BCUT2D eigenvalue weighted by atomic mass is 9.92. The van der Waals surface area contributed by atoms with Gasteiger partial charge in [0, 0.05) is 6.54 Å². The Labute approximate surface area is 127 Å². The SMILES string of the molecule is CCC1(C(=O)NC(CN(C)C)c2ccccc2)CCCN1. The molecule has 2 N–H and O–H groups in total. The van der Waals surface area contributed by atoms with Crippen molar-refractivity contribution >= 4 is 5.91 Å². The van der Waals surface area contributed by atoms with Crippen LogP contribution < -0.4 is 10.6 Å². The molecule has 0 aromatic heterocycles. The van der Waals surface area contributed by atoms with Crippen molar-refractivity contribution in [1.82, 2.24) is 15.5 Å². The molecule has 1 aliphatic heterocycles. The van der Waals surface area contributed by atoms with Gasteiger partial charge in [-0.1, -0.05) is 37.3 Å². The van der Waals surface area contributed by atoms with Crippen molar-refractivity contribution < 1.29 is 4.79 Å². The molecular formula is C17H27N3O. The van der Waals surface area contributed by atoms with E-state index in [1.165, 1.54) is 0 Å². The molecule has 1 saturated heterocycles. The monoisotopic (exact) mass is 289 g/mol. The molecule has 1 aliphatic rings. The molecule has 4 nitrogen and oxygen atoms in total. The van der Waals surface area contributed by atoms with E-state index in [0.717, 1.165) is 37.9 Å². The molecule has 1 amide bonds. The highest BCUT2D eigenvalue weighted by Crippen LogP contribution is 2.25. The Hall–Kier alpha value is -1.39. The summed E-state index contributed by atoms with van der Waals surface area (Å²) in [5.74, 6) is 0.137. The van der Waals surface area contributed by atoms with Gasteiger partial charge in [0.2, 0.25) is 5.91 Å². The van der Waals surface area contributed by atoms with Gasteiger partial charge in [0.25, 0.3) is 0 Å². The molecule has 1 aromatic carbocycles. The molecular weight excluding hydrogens is 262 g/mol. The van der Waals surface area contributed by atoms with Gasteiger partial charge in [-0.25, -0.2) is 0 Å². The summed E-state index contributed by atoms with van der Waals surface area (Å²) in [6, 6.07) is 10.2. The number of amides is 1. The van der Waals surface area contributed by atoms with E-state index in [4.69, 9.17) is 0 Å². The van der Waals surface area contributed by atoms with Gasteiger partial charge in [-0.3, -0.25) is 4.79 Å². The molecule has 2 rings (SSSR count). The third kappa shape index (κ3) is 3.83. The quantitative estimate of drug-likeness (QED) is 0.841. The first-order valence-corrected chi connectivity index (χ1v) is 7.83. The van der Waals surface area contributed by atoms with Gasteiger partial charge in [0.05, 0.1) is 11.6 Å². The molecule has 21 heavy (non-hydrogen) atoms. The Morgan fingerprint density at radius 2 is 2.10 bits per heavy atom. The summed E-state index contributed by atoms with van der Waals surface area (Å²) < 4.78 is 0. The van der Waals surface area contributed by atoms with Crippen molar-refractivity contribution in [2.24, 2.45) is 0 Å². The predicted octanol–water partition coefficient (Wildman–Crippen LogP) is 1.94. The van der Waals surface area contributed by atoms with Crippen LogP contribution in [0.5, 0.6) is 0 Å². The average molecular weight is 289 g/mol. The topological polar surface area (TPSA) is 44.4 Å². The molecule has 1 fully saturated rings. The van der Waals surface area contributed by atoms with Gasteiger partial charge in [-0.2, -0.15) is 0 Å². The van der Waals surface area contributed by atoms with Gasteiger partial charge in [-0.15, -0.1) is 0 Å². The number of rotatable bonds is 6. The van der Waals surface area contributed by atoms with E-state index in [1.54, 1.807) is 0 Å². The Balaban J connectivity index is 2.13. The van der Waals surface area contributed by atoms with Crippen molar-refractivity contribution in [2.45, 2.75) is 37.8 Å². The Kier molecular flexibility index (Phi) is 5.37. The van der Waals surface area contributed by atoms with Gasteiger partial charge < -0.3 is 15.5 Å². The van der Waals surface area contributed by atoms with Crippen LogP contribution in [0.4, 0.5) is 0 Å². The van der Waals surface area contributed by atoms with E-state index in [-0.39, 0.29) is 17.5 Å². The maximum atomic E-state index is 12.8. The first-order chi connectivity index (χ1) is 10.1. The van der Waals surface area contributed by atoms with Crippen molar-refractivity contribution in [3.8, 4) is 0 Å². The summed E-state index contributed by atoms with van der Waals surface area (Å²) in [7, 11) is 4.07. The van der Waals surface area contributed by atoms with Crippen LogP contribution in [-0.4, -0.2) is 43.5 Å². The van der Waals surface area contributed by atoms with Crippen LogP contribution in [0, 0.1) is 0 Å². The van der Waals surface area contributed by atoms with Gasteiger partial charge in [-0.05, 0) is 45.5 Å². The van der Waals surface area contributed by atoms with Gasteiger partial charge in [0.15, 0.2) is 0 Å². The highest BCUT2D eigenvalue weighted by molar-refractivity contribution is 5.87. The fourth-order valence-corrected chi connectivity index (χ4v) is 3.04. The molecule has 1 heterocycles. The summed E-state index contributed by atoms with van der Waals surface area (Å²) in [6.45, 7) is 3.82. The van der Waals surface area contributed by atoms with E-state index >= 15 is 0 Å². The molecule has 2 unspecified atom stereocenters. The molecule has 1 aromatic rings. The van der Waals surface area contributed by atoms with E-state index in [9.17, 15) is 4.79 Å². The van der Waals surface area contributed by atoms with Crippen molar-refractivity contribution in [3.63, 3.8) is 0 Å². The number of benzene rings is 1. The molecule has 0 bridgehead atoms. The first-order valence-electron chi connectivity index (χ1n) is 7.83. The molecule has 116 valence electrons. The normalized spacial score (nSPS) is 23.2. The number of nitrogens with zero attached hydrogens (tertiary/aromatic N) is 1. The van der Waals surface area contributed by atoms with Gasteiger partial charge >= 0.3 is 0 Å². The van der Waals surface area contributed by atoms with Crippen LogP contribution in [0.2, 0.25) is 0 Å². The van der Waals surface area contributed by atoms with Crippen molar-refractivity contribution in [3.05, 3.63) is 35.9 Å². The zero-order valence-electron chi connectivity index (χ0n) is 13.4. The lowest BCUT2D eigenvalue weighted by molar-refractivity contribution is -0.128. The van der Waals surface area contributed by atoms with Crippen LogP contribution in [0.3, 0.4) is 0 Å². The van der Waals surface area contributed by atoms with Crippen molar-refractivity contribution in [1.29, 1.82) is 0 Å². The maximum Gasteiger partial charge on any atom is 0.240 e. The molecule has 0 aliphatic carbocycles. The Bertz CT molecular complexity index is 452. The first kappa shape index (κ1) is 16.0. The highest BCUT2D eigenvalue weighted by Gasteiger charge is 2.39. The summed E-state index contributed by atoms with van der Waals surface area (Å²) >= 11 is 0. The second kappa shape index (κ2) is 7.05. The van der Waals surface area contributed by atoms with Crippen LogP contribution in [-0.2, 0) is 4.79 Å². The third-order valence-corrected chi connectivity index (χ3v) is 4.34. The third-order valence-electron chi connectivity index (χ3n) is 4.34. The minimum atomic E-state index is -0.376. The maximum absolute atomic E-state index is 12.8. The second-order valence-electron chi connectivity index (χ2n) is 6.16. The highest BCUT2D eigenvalue weighted by atomic mass is 16.2. The number of hydrogen-bond donors (Lipinski definition) is 2. The van der Waals surface area contributed by atoms with Crippen molar-refractivity contribution in [2.75, 3.05) is 27.2 Å². The zero-order chi connectivity index (χ0) is 15.3. The van der Waals surface area contributed by atoms with Crippen LogP contribution in [0.1, 0.15) is 37.8 Å². The molecule has 0 radical (unpaired) electrons. The number of hydrogen-bond acceptors (Lipinski definition) is 3. The minimum absolute atomic E-state index is 0.0273. The van der Waals surface area contributed by atoms with Crippen LogP contribution in [0.25, 0.3) is 0 Å². The molecule has 0 spiro atoms. The summed E-state index contributed by atoms with van der Waals surface area (Å²) in [4.78, 5) is 14.9. The number of nitrogens with one attached hydrogen (secondary N) is 2. The number of carbonyl (C=O) groups is 1. The number of likely N-dealkylation sites (N-methyl/N-ethyl adjacent to an activating group) is 1. The summed E-state index contributed by atoms with van der Waals surface area (Å²) in [5.41, 5.74) is 0.781. The van der Waals surface area contributed by atoms with E-state index in [1.807, 2.05) is 32.3 Å². The number of carbonyl (C=O) groups excluding carboxylic acids is 1. The van der Waals surface area contributed by atoms with E-state index in [2.05, 4.69) is 34.6 Å². The Morgan fingerprint density at radius 3 is 2.62 bits per heavy atom. The largest absolute Gasteiger partial charge is 0.346 e.